The van der Waals surface area contributed by atoms with Gasteiger partial charge in [0.25, 0.3) is 0 Å². The highest BCUT2D eigenvalue weighted by atomic mass is 35.5. The molecule has 0 saturated heterocycles. The van der Waals surface area contributed by atoms with Crippen LogP contribution in [0.3, 0.4) is 0 Å². The fourth-order valence-electron chi connectivity index (χ4n) is 2.82. The van der Waals surface area contributed by atoms with Crippen molar-refractivity contribution in [2.75, 3.05) is 7.05 Å². The Morgan fingerprint density at radius 3 is 2.33 bits per heavy atom. The highest BCUT2D eigenvalue weighted by Gasteiger charge is 2.28. The first kappa shape index (κ1) is 21.5. The molecule has 0 heterocycles. The zero-order valence-corrected chi connectivity index (χ0v) is 17.4. The predicted octanol–water partition coefficient (Wildman–Crippen LogP) is 4.74. The van der Waals surface area contributed by atoms with Crippen LogP contribution in [-0.2, 0) is 22.6 Å². The predicted molar refractivity (Wildman–Crippen MR) is 110 cm³/mol. The van der Waals surface area contributed by atoms with Gasteiger partial charge in [0.15, 0.2) is 0 Å². The Morgan fingerprint density at radius 1 is 1.04 bits per heavy atom. The molecule has 27 heavy (non-hydrogen) atoms. The van der Waals surface area contributed by atoms with Gasteiger partial charge in [0, 0.05) is 18.6 Å². The molecule has 1 unspecified atom stereocenters. The molecule has 7 heteroatoms. The highest BCUT2D eigenvalue weighted by Crippen LogP contribution is 2.24. The van der Waals surface area contributed by atoms with Crippen LogP contribution >= 0.6 is 34.8 Å². The van der Waals surface area contributed by atoms with Crippen molar-refractivity contribution in [1.82, 2.24) is 10.2 Å². The van der Waals surface area contributed by atoms with Gasteiger partial charge in [0.05, 0.1) is 16.5 Å². The monoisotopic (exact) mass is 426 g/mol. The van der Waals surface area contributed by atoms with Gasteiger partial charge in [-0.3, -0.25) is 9.59 Å². The second-order valence-corrected chi connectivity index (χ2v) is 7.30. The van der Waals surface area contributed by atoms with Crippen molar-refractivity contribution in [3.8, 4) is 0 Å². The van der Waals surface area contributed by atoms with E-state index in [1.165, 1.54) is 0 Å². The smallest absolute Gasteiger partial charge is 0.242 e. The van der Waals surface area contributed by atoms with Gasteiger partial charge in [-0.15, -0.1) is 0 Å². The van der Waals surface area contributed by atoms with E-state index in [4.69, 9.17) is 34.8 Å². The number of hydrogen-bond donors (Lipinski definition) is 1. The van der Waals surface area contributed by atoms with Crippen molar-refractivity contribution in [3.63, 3.8) is 0 Å². The number of halogens is 3. The molecule has 0 aliphatic carbocycles. The van der Waals surface area contributed by atoms with E-state index in [0.29, 0.717) is 21.5 Å². The van der Waals surface area contributed by atoms with Gasteiger partial charge in [-0.1, -0.05) is 66.0 Å². The van der Waals surface area contributed by atoms with Gasteiger partial charge >= 0.3 is 0 Å². The molecule has 0 radical (unpaired) electrons. The van der Waals surface area contributed by atoms with Crippen molar-refractivity contribution in [3.05, 3.63) is 68.7 Å². The number of carbonyl (C=O) groups excluding carboxylic acids is 2. The first-order valence-corrected chi connectivity index (χ1v) is 9.69. The van der Waals surface area contributed by atoms with Crippen LogP contribution in [0.1, 0.15) is 24.5 Å². The third kappa shape index (κ3) is 5.61. The standard InChI is InChI=1S/C20H21Cl3N2O2/c1-3-18(20(27)24-2)25(12-14-6-4-5-7-15(14)21)19(26)11-13-8-9-16(22)17(23)10-13/h4-10,18H,3,11-12H2,1-2H3,(H,24,27). The maximum Gasteiger partial charge on any atom is 0.242 e. The molecule has 0 aliphatic heterocycles. The fraction of sp³-hybridized carbons (Fsp3) is 0.300. The Balaban J connectivity index is 2.32. The number of carbonyl (C=O) groups is 2. The van der Waals surface area contributed by atoms with Crippen molar-refractivity contribution in [2.45, 2.75) is 32.4 Å². The topological polar surface area (TPSA) is 49.4 Å². The van der Waals surface area contributed by atoms with Crippen molar-refractivity contribution in [2.24, 2.45) is 0 Å². The van der Waals surface area contributed by atoms with E-state index in [-0.39, 0.29) is 24.8 Å². The number of benzene rings is 2. The van der Waals surface area contributed by atoms with Gasteiger partial charge in [-0.05, 0) is 35.7 Å². The summed E-state index contributed by atoms with van der Waals surface area (Å²) in [5, 5.41) is 4.00. The van der Waals surface area contributed by atoms with Crippen LogP contribution in [0.15, 0.2) is 42.5 Å². The molecule has 0 saturated carbocycles. The van der Waals surface area contributed by atoms with Crippen molar-refractivity contribution in [1.29, 1.82) is 0 Å². The molecule has 0 spiro atoms. The summed E-state index contributed by atoms with van der Waals surface area (Å²) in [4.78, 5) is 27.0. The number of rotatable bonds is 7. The summed E-state index contributed by atoms with van der Waals surface area (Å²) in [6.45, 7) is 2.11. The lowest BCUT2D eigenvalue weighted by molar-refractivity contribution is -0.140. The Hall–Kier alpha value is -1.75. The van der Waals surface area contributed by atoms with Crippen LogP contribution in [0.5, 0.6) is 0 Å². The average Bonchev–Trinajstić information content (AvgIpc) is 2.65. The number of likely N-dealkylation sites (N-methyl/N-ethyl adjacent to an activating group) is 1. The molecule has 0 aliphatic rings. The van der Waals surface area contributed by atoms with Gasteiger partial charge in [0.1, 0.15) is 6.04 Å². The number of nitrogens with one attached hydrogen (secondary N) is 1. The molecule has 2 amide bonds. The SMILES string of the molecule is CCC(C(=O)NC)N(Cc1ccccc1Cl)C(=O)Cc1ccc(Cl)c(Cl)c1. The minimum atomic E-state index is -0.596. The van der Waals surface area contributed by atoms with E-state index in [0.717, 1.165) is 11.1 Å². The second kappa shape index (κ2) is 9.98. The first-order valence-electron chi connectivity index (χ1n) is 8.55. The maximum atomic E-state index is 13.1. The van der Waals surface area contributed by atoms with Gasteiger partial charge in [-0.2, -0.15) is 0 Å². The Bertz CT molecular complexity index is 827. The molecule has 2 rings (SSSR count). The molecule has 0 fully saturated rings. The Labute approximate surface area is 174 Å². The van der Waals surface area contributed by atoms with Crippen molar-refractivity contribution >= 4 is 46.6 Å². The van der Waals surface area contributed by atoms with Crippen LogP contribution in [0, 0.1) is 0 Å². The molecule has 0 aromatic heterocycles. The van der Waals surface area contributed by atoms with E-state index < -0.39 is 6.04 Å². The average molecular weight is 428 g/mol. The van der Waals surface area contributed by atoms with Crippen molar-refractivity contribution < 1.29 is 9.59 Å². The summed E-state index contributed by atoms with van der Waals surface area (Å²) in [5.74, 6) is -0.407. The zero-order valence-electron chi connectivity index (χ0n) is 15.1. The molecule has 1 atom stereocenters. The summed E-state index contributed by atoms with van der Waals surface area (Å²) < 4.78 is 0. The first-order chi connectivity index (χ1) is 12.9. The van der Waals surface area contributed by atoms with E-state index in [9.17, 15) is 9.59 Å². The molecule has 2 aromatic carbocycles. The van der Waals surface area contributed by atoms with Gasteiger partial charge in [0.2, 0.25) is 11.8 Å². The largest absolute Gasteiger partial charge is 0.357 e. The van der Waals surface area contributed by atoms with E-state index in [2.05, 4.69) is 5.32 Å². The summed E-state index contributed by atoms with van der Waals surface area (Å²) in [7, 11) is 1.56. The number of hydrogen-bond acceptors (Lipinski definition) is 2. The van der Waals surface area contributed by atoms with Crippen LogP contribution in [0.25, 0.3) is 0 Å². The van der Waals surface area contributed by atoms with E-state index in [1.54, 1.807) is 36.2 Å². The van der Waals surface area contributed by atoms with E-state index in [1.807, 2.05) is 25.1 Å². The Kier molecular flexibility index (Phi) is 7.96. The third-order valence-corrected chi connectivity index (χ3v) is 5.38. The fourth-order valence-corrected chi connectivity index (χ4v) is 3.34. The lowest BCUT2D eigenvalue weighted by Gasteiger charge is -2.30. The lowest BCUT2D eigenvalue weighted by atomic mass is 10.1. The molecule has 4 nitrogen and oxygen atoms in total. The molecular formula is C20H21Cl3N2O2. The number of nitrogens with zero attached hydrogens (tertiary/aromatic N) is 1. The van der Waals surface area contributed by atoms with Crippen LogP contribution in [0.4, 0.5) is 0 Å². The third-order valence-electron chi connectivity index (χ3n) is 4.27. The molecule has 0 bridgehead atoms. The van der Waals surface area contributed by atoms with Crippen LogP contribution in [0.2, 0.25) is 15.1 Å². The molecule has 144 valence electrons. The normalized spacial score (nSPS) is 11.7. The van der Waals surface area contributed by atoms with E-state index >= 15 is 0 Å². The molecule has 2 aromatic rings. The highest BCUT2D eigenvalue weighted by molar-refractivity contribution is 6.42. The molecule has 1 N–H and O–H groups in total. The quantitative estimate of drug-likeness (QED) is 0.693. The molecular weight excluding hydrogens is 407 g/mol. The zero-order chi connectivity index (χ0) is 20.0. The lowest BCUT2D eigenvalue weighted by Crippen LogP contribution is -2.48. The number of amides is 2. The summed E-state index contributed by atoms with van der Waals surface area (Å²) in [6.07, 6.45) is 0.589. The summed E-state index contributed by atoms with van der Waals surface area (Å²) in [6, 6.07) is 11.8. The maximum absolute atomic E-state index is 13.1. The minimum Gasteiger partial charge on any atom is -0.357 e. The van der Waals surface area contributed by atoms with Gasteiger partial charge < -0.3 is 10.2 Å². The Morgan fingerprint density at radius 2 is 1.74 bits per heavy atom. The second-order valence-electron chi connectivity index (χ2n) is 6.08. The summed E-state index contributed by atoms with van der Waals surface area (Å²) >= 11 is 18.3. The van der Waals surface area contributed by atoms with Crippen LogP contribution < -0.4 is 5.32 Å². The van der Waals surface area contributed by atoms with Crippen LogP contribution in [-0.4, -0.2) is 29.8 Å². The summed E-state index contributed by atoms with van der Waals surface area (Å²) in [5.41, 5.74) is 1.51. The minimum absolute atomic E-state index is 0.106. The van der Waals surface area contributed by atoms with Gasteiger partial charge in [-0.25, -0.2) is 0 Å².